The molecule has 0 radical (unpaired) electrons. The Morgan fingerprint density at radius 1 is 1.47 bits per heavy atom. The van der Waals surface area contributed by atoms with Crippen molar-refractivity contribution in [2.45, 2.75) is 31.9 Å². The lowest BCUT2D eigenvalue weighted by Crippen LogP contribution is -2.46. The fourth-order valence-corrected chi connectivity index (χ4v) is 1.06. The molecule has 102 valence electrons. The lowest BCUT2D eigenvalue weighted by molar-refractivity contribution is -0.123. The third kappa shape index (κ3) is 8.00. The van der Waals surface area contributed by atoms with Crippen LogP contribution < -0.4 is 10.6 Å². The zero-order chi connectivity index (χ0) is 13.3. The number of aliphatic hydroxyl groups is 1. The Kier molecular flexibility index (Phi) is 8.83. The first kappa shape index (κ1) is 16.2. The van der Waals surface area contributed by atoms with Crippen molar-refractivity contribution in [3.8, 4) is 0 Å². The van der Waals surface area contributed by atoms with E-state index in [1.165, 1.54) is 0 Å². The van der Waals surface area contributed by atoms with Crippen molar-refractivity contribution in [1.29, 1.82) is 0 Å². The molecule has 5 nitrogen and oxygen atoms in total. The molecular weight excluding hydrogens is 234 g/mol. The Morgan fingerprint density at radius 3 is 2.65 bits per heavy atom. The van der Waals surface area contributed by atoms with Crippen LogP contribution in [0.2, 0.25) is 0 Å². The number of carbonyl (C=O) groups is 1. The second-order valence-electron chi connectivity index (χ2n) is 3.67. The number of rotatable bonds is 9. The summed E-state index contributed by atoms with van der Waals surface area (Å²) in [6.45, 7) is 2.25. The summed E-state index contributed by atoms with van der Waals surface area (Å²) in [6, 6.07) is -0.619. The number of hydrogen-bond donors (Lipinski definition) is 3. The quantitative estimate of drug-likeness (QED) is 0.496. The number of amides is 1. The van der Waals surface area contributed by atoms with Crippen molar-refractivity contribution in [3.05, 3.63) is 0 Å². The summed E-state index contributed by atoms with van der Waals surface area (Å²) in [5.41, 5.74) is 0. The molecule has 0 aromatic carbocycles. The van der Waals surface area contributed by atoms with E-state index in [0.717, 1.165) is 0 Å². The monoisotopic (exact) mass is 254 g/mol. The minimum absolute atomic E-state index is 0.289. The largest absolute Gasteiger partial charge is 0.386 e. The van der Waals surface area contributed by atoms with Crippen molar-refractivity contribution < 1.29 is 23.4 Å². The number of aliphatic hydroxyl groups excluding tert-OH is 1. The summed E-state index contributed by atoms with van der Waals surface area (Å²) in [4.78, 5) is 11.4. The molecule has 0 aliphatic heterocycles. The van der Waals surface area contributed by atoms with Gasteiger partial charge in [0.1, 0.15) is 6.10 Å². The normalized spacial score (nSPS) is 14.7. The Morgan fingerprint density at radius 2 is 2.12 bits per heavy atom. The minimum Gasteiger partial charge on any atom is -0.386 e. The fraction of sp³-hybridized carbons (Fsp3) is 0.900. The fourth-order valence-electron chi connectivity index (χ4n) is 1.06. The maximum Gasteiger partial charge on any atom is 0.265 e. The van der Waals surface area contributed by atoms with E-state index in [1.54, 1.807) is 14.0 Å². The number of alkyl halides is 2. The van der Waals surface area contributed by atoms with Crippen molar-refractivity contribution in [2.75, 3.05) is 26.8 Å². The van der Waals surface area contributed by atoms with Crippen molar-refractivity contribution in [1.82, 2.24) is 10.6 Å². The maximum atomic E-state index is 12.0. The van der Waals surface area contributed by atoms with E-state index in [1.807, 2.05) is 0 Å². The second kappa shape index (κ2) is 9.26. The van der Waals surface area contributed by atoms with Crippen LogP contribution in [0.4, 0.5) is 8.78 Å². The van der Waals surface area contributed by atoms with Crippen LogP contribution in [0, 0.1) is 0 Å². The van der Waals surface area contributed by atoms with E-state index in [-0.39, 0.29) is 12.5 Å². The summed E-state index contributed by atoms with van der Waals surface area (Å²) in [5.74, 6) is -0.289. The van der Waals surface area contributed by atoms with Crippen LogP contribution in [0.25, 0.3) is 0 Å². The van der Waals surface area contributed by atoms with Crippen LogP contribution in [0.1, 0.15) is 13.3 Å². The van der Waals surface area contributed by atoms with Crippen LogP contribution in [-0.2, 0) is 9.53 Å². The van der Waals surface area contributed by atoms with Gasteiger partial charge in [-0.25, -0.2) is 8.78 Å². The first-order valence-corrected chi connectivity index (χ1v) is 5.45. The second-order valence-corrected chi connectivity index (χ2v) is 3.67. The highest BCUT2D eigenvalue weighted by Gasteiger charge is 2.19. The molecular formula is C10H20F2N2O3. The zero-order valence-electron chi connectivity index (χ0n) is 10.1. The molecule has 0 aliphatic rings. The molecule has 3 N–H and O–H groups in total. The van der Waals surface area contributed by atoms with Gasteiger partial charge in [-0.2, -0.15) is 0 Å². The van der Waals surface area contributed by atoms with E-state index >= 15 is 0 Å². The highest BCUT2D eigenvalue weighted by Crippen LogP contribution is 1.99. The smallest absolute Gasteiger partial charge is 0.265 e. The summed E-state index contributed by atoms with van der Waals surface area (Å²) < 4.78 is 28.7. The van der Waals surface area contributed by atoms with Gasteiger partial charge in [-0.1, -0.05) is 0 Å². The molecule has 0 spiro atoms. The van der Waals surface area contributed by atoms with Crippen LogP contribution in [-0.4, -0.2) is 56.4 Å². The van der Waals surface area contributed by atoms with E-state index in [9.17, 15) is 13.6 Å². The lowest BCUT2D eigenvalue weighted by Gasteiger charge is -2.16. The topological polar surface area (TPSA) is 70.6 Å². The van der Waals surface area contributed by atoms with Gasteiger partial charge in [0.2, 0.25) is 5.91 Å². The number of halogens is 2. The maximum absolute atomic E-state index is 12.0. The van der Waals surface area contributed by atoms with Gasteiger partial charge >= 0.3 is 0 Å². The number of nitrogens with one attached hydrogen (secondary N) is 2. The zero-order valence-corrected chi connectivity index (χ0v) is 10.1. The van der Waals surface area contributed by atoms with E-state index in [0.29, 0.717) is 19.6 Å². The number of methoxy groups -OCH3 is 1. The molecule has 0 saturated carbocycles. The van der Waals surface area contributed by atoms with E-state index in [4.69, 9.17) is 9.84 Å². The first-order chi connectivity index (χ1) is 7.99. The molecule has 0 heterocycles. The number of hydrogen-bond acceptors (Lipinski definition) is 4. The predicted molar refractivity (Wildman–Crippen MR) is 59.0 cm³/mol. The molecule has 2 atom stereocenters. The summed E-state index contributed by atoms with van der Waals surface area (Å²) in [7, 11) is 1.57. The SMILES string of the molecule is COCCCNC(=O)C(C)NCC(O)C(F)F. The molecule has 1 amide bonds. The van der Waals surface area contributed by atoms with Gasteiger partial charge in [0.25, 0.3) is 6.43 Å². The Labute approximate surface area is 99.5 Å². The van der Waals surface area contributed by atoms with Crippen LogP contribution in [0.3, 0.4) is 0 Å². The lowest BCUT2D eigenvalue weighted by atomic mass is 10.2. The van der Waals surface area contributed by atoms with Gasteiger partial charge < -0.3 is 20.5 Å². The summed E-state index contributed by atoms with van der Waals surface area (Å²) >= 11 is 0. The first-order valence-electron chi connectivity index (χ1n) is 5.45. The predicted octanol–water partition coefficient (Wildman–Crippen LogP) is -0.257. The van der Waals surface area contributed by atoms with Crippen molar-refractivity contribution >= 4 is 5.91 Å². The van der Waals surface area contributed by atoms with E-state index < -0.39 is 18.6 Å². The molecule has 0 aromatic rings. The van der Waals surface area contributed by atoms with Crippen LogP contribution in [0.5, 0.6) is 0 Å². The standard InChI is InChI=1S/C10H20F2N2O3/c1-7(14-6-8(15)9(11)12)10(16)13-4-3-5-17-2/h7-9,14-15H,3-6H2,1-2H3,(H,13,16). The van der Waals surface area contributed by atoms with Gasteiger partial charge in [-0.05, 0) is 13.3 Å². The van der Waals surface area contributed by atoms with Crippen molar-refractivity contribution in [3.63, 3.8) is 0 Å². The molecule has 0 fully saturated rings. The van der Waals surface area contributed by atoms with Crippen LogP contribution >= 0.6 is 0 Å². The summed E-state index contributed by atoms with van der Waals surface area (Å²) in [6.07, 6.45) is -3.87. The molecule has 7 heteroatoms. The van der Waals surface area contributed by atoms with Gasteiger partial charge in [0.15, 0.2) is 0 Å². The molecule has 0 rings (SSSR count). The third-order valence-electron chi connectivity index (χ3n) is 2.14. The average molecular weight is 254 g/mol. The molecule has 2 unspecified atom stereocenters. The average Bonchev–Trinajstić information content (AvgIpc) is 2.30. The van der Waals surface area contributed by atoms with E-state index in [2.05, 4.69) is 10.6 Å². The number of carbonyl (C=O) groups excluding carboxylic acids is 1. The molecule has 0 saturated heterocycles. The molecule has 0 bridgehead atoms. The minimum atomic E-state index is -2.81. The Balaban J connectivity index is 3.67. The molecule has 0 aliphatic carbocycles. The Hall–Kier alpha value is -0.790. The molecule has 17 heavy (non-hydrogen) atoms. The summed E-state index contributed by atoms with van der Waals surface area (Å²) in [5, 5.41) is 14.0. The third-order valence-corrected chi connectivity index (χ3v) is 2.14. The highest BCUT2D eigenvalue weighted by molar-refractivity contribution is 5.81. The number of ether oxygens (including phenoxy) is 1. The highest BCUT2D eigenvalue weighted by atomic mass is 19.3. The van der Waals surface area contributed by atoms with Gasteiger partial charge in [-0.3, -0.25) is 4.79 Å². The van der Waals surface area contributed by atoms with Gasteiger partial charge in [-0.15, -0.1) is 0 Å². The molecule has 0 aromatic heterocycles. The van der Waals surface area contributed by atoms with Gasteiger partial charge in [0, 0.05) is 26.8 Å². The van der Waals surface area contributed by atoms with Gasteiger partial charge in [0.05, 0.1) is 6.04 Å². The van der Waals surface area contributed by atoms with Crippen LogP contribution in [0.15, 0.2) is 0 Å². The van der Waals surface area contributed by atoms with Crippen molar-refractivity contribution in [2.24, 2.45) is 0 Å². The Bertz CT molecular complexity index is 218.